The van der Waals surface area contributed by atoms with E-state index in [1.807, 2.05) is 41.5 Å². The number of hydrogen-bond acceptors (Lipinski definition) is 2. The van der Waals surface area contributed by atoms with Crippen molar-refractivity contribution in [2.75, 3.05) is 0 Å². The summed E-state index contributed by atoms with van der Waals surface area (Å²) in [6, 6.07) is 0.691. The number of carbonyl (C=O) groups excluding carboxylic acids is 2. The Morgan fingerprint density at radius 2 is 0.938 bits per heavy atom. The van der Waals surface area contributed by atoms with Crippen LogP contribution in [0.2, 0.25) is 0 Å². The molecule has 32 heavy (non-hydrogen) atoms. The molecule has 4 rings (SSSR count). The normalized spacial score (nSPS) is 25.6. The predicted molar refractivity (Wildman–Crippen MR) is 132 cm³/mol. The van der Waals surface area contributed by atoms with Gasteiger partial charge >= 0.3 is 0 Å². The number of amides is 2. The van der Waals surface area contributed by atoms with Crippen LogP contribution in [0.15, 0.2) is 22.3 Å². The maximum Gasteiger partial charge on any atom is 0.225 e. The summed E-state index contributed by atoms with van der Waals surface area (Å²) in [7, 11) is 0. The molecule has 4 aliphatic rings. The number of nitrogens with one attached hydrogen (secondary N) is 2. The fourth-order valence-electron chi connectivity index (χ4n) is 5.53. The third kappa shape index (κ3) is 6.26. The van der Waals surface area contributed by atoms with Gasteiger partial charge in [-0.25, -0.2) is 0 Å². The van der Waals surface area contributed by atoms with E-state index in [-0.39, 0.29) is 22.6 Å². The molecule has 2 N–H and O–H groups in total. The topological polar surface area (TPSA) is 58.2 Å². The van der Waals surface area contributed by atoms with Crippen LogP contribution in [0.25, 0.3) is 0 Å². The molecule has 0 radical (unpaired) electrons. The zero-order valence-corrected chi connectivity index (χ0v) is 21.5. The highest BCUT2D eigenvalue weighted by Crippen LogP contribution is 2.38. The highest BCUT2D eigenvalue weighted by atomic mass is 16.2. The van der Waals surface area contributed by atoms with Gasteiger partial charge in [0.25, 0.3) is 0 Å². The predicted octanol–water partition coefficient (Wildman–Crippen LogP) is 6.36. The van der Waals surface area contributed by atoms with Crippen molar-refractivity contribution in [1.29, 1.82) is 0 Å². The second-order valence-corrected chi connectivity index (χ2v) is 12.3. The monoisotopic (exact) mass is 442 g/mol. The summed E-state index contributed by atoms with van der Waals surface area (Å²) in [5, 5.41) is 6.47. The Hall–Kier alpha value is -1.58. The van der Waals surface area contributed by atoms with E-state index in [0.717, 1.165) is 12.8 Å². The summed E-state index contributed by atoms with van der Waals surface area (Å²) in [5.74, 6) is 0.385. The molecule has 0 heterocycles. The van der Waals surface area contributed by atoms with Crippen LogP contribution in [0.4, 0.5) is 0 Å². The maximum absolute atomic E-state index is 12.0. The summed E-state index contributed by atoms with van der Waals surface area (Å²) in [6.07, 6.45) is 14.9. The molecule has 2 amide bonds. The van der Waals surface area contributed by atoms with Crippen LogP contribution in [0.3, 0.4) is 0 Å². The van der Waals surface area contributed by atoms with E-state index in [1.165, 1.54) is 64.2 Å². The Kier molecular flexibility index (Phi) is 7.93. The van der Waals surface area contributed by atoms with E-state index in [4.69, 9.17) is 0 Å². The number of carbonyl (C=O) groups is 2. The Bertz CT molecular complexity index is 710. The standard InChI is InChI=1S/2C14H23NO/c2*1-14(2,3)13(16)15-12-9-5-7-10-6-4-8-11(10)12/h2*12H,4-9H2,1-3H3,(H,15,16)/t2*12-/m11/s1. The van der Waals surface area contributed by atoms with Crippen molar-refractivity contribution in [1.82, 2.24) is 10.6 Å². The van der Waals surface area contributed by atoms with Crippen LogP contribution in [0.5, 0.6) is 0 Å². The molecule has 0 saturated carbocycles. The third-order valence-corrected chi connectivity index (χ3v) is 7.51. The van der Waals surface area contributed by atoms with E-state index in [0.29, 0.717) is 12.1 Å². The Morgan fingerprint density at radius 1 is 0.594 bits per heavy atom. The van der Waals surface area contributed by atoms with Crippen molar-refractivity contribution < 1.29 is 9.59 Å². The van der Waals surface area contributed by atoms with Gasteiger partial charge in [-0.05, 0) is 88.2 Å². The molecule has 0 spiro atoms. The minimum Gasteiger partial charge on any atom is -0.349 e. The SMILES string of the molecule is CC(C)(C)C(=O)N[C@@H]1CCCC2=C1CCC2.CC(C)(C)C(=O)N[C@@H]1CCCC2=C1CCC2. The van der Waals surface area contributed by atoms with Crippen LogP contribution >= 0.6 is 0 Å². The van der Waals surface area contributed by atoms with E-state index in [1.54, 1.807) is 22.3 Å². The largest absolute Gasteiger partial charge is 0.349 e. The van der Waals surface area contributed by atoms with Gasteiger partial charge in [-0.15, -0.1) is 0 Å². The number of hydrogen-bond donors (Lipinski definition) is 2. The molecule has 4 aliphatic carbocycles. The summed E-state index contributed by atoms with van der Waals surface area (Å²) in [5.41, 5.74) is 5.87. The van der Waals surface area contributed by atoms with Crippen LogP contribution in [0, 0.1) is 10.8 Å². The Morgan fingerprint density at radius 3 is 1.28 bits per heavy atom. The smallest absolute Gasteiger partial charge is 0.225 e. The summed E-state index contributed by atoms with van der Waals surface area (Å²) < 4.78 is 0. The zero-order valence-electron chi connectivity index (χ0n) is 21.5. The molecule has 0 unspecified atom stereocenters. The second kappa shape index (κ2) is 10.1. The van der Waals surface area contributed by atoms with E-state index >= 15 is 0 Å². The van der Waals surface area contributed by atoms with Gasteiger partial charge in [-0.1, -0.05) is 52.7 Å². The third-order valence-electron chi connectivity index (χ3n) is 7.51. The molecule has 0 aromatic heterocycles. The average Bonchev–Trinajstić information content (AvgIpc) is 3.37. The fraction of sp³-hybridized carbons (Fsp3) is 0.786. The lowest BCUT2D eigenvalue weighted by atomic mass is 9.88. The van der Waals surface area contributed by atoms with Crippen LogP contribution in [0.1, 0.15) is 119 Å². The molecule has 0 aliphatic heterocycles. The maximum atomic E-state index is 12.0. The van der Waals surface area contributed by atoms with Gasteiger partial charge in [-0.3, -0.25) is 9.59 Å². The second-order valence-electron chi connectivity index (χ2n) is 12.3. The first-order valence-corrected chi connectivity index (χ1v) is 13.0. The quantitative estimate of drug-likeness (QED) is 0.489. The van der Waals surface area contributed by atoms with Gasteiger partial charge in [0.2, 0.25) is 11.8 Å². The molecule has 4 nitrogen and oxygen atoms in total. The molecule has 0 aromatic rings. The molecule has 180 valence electrons. The zero-order chi connectivity index (χ0) is 23.5. The molecule has 0 bridgehead atoms. The van der Waals surface area contributed by atoms with Crippen molar-refractivity contribution in [3.63, 3.8) is 0 Å². The molecule has 4 heteroatoms. The number of rotatable bonds is 2. The van der Waals surface area contributed by atoms with E-state index in [9.17, 15) is 9.59 Å². The first-order chi connectivity index (χ1) is 15.0. The highest BCUT2D eigenvalue weighted by Gasteiger charge is 2.31. The van der Waals surface area contributed by atoms with Crippen molar-refractivity contribution in [3.8, 4) is 0 Å². The van der Waals surface area contributed by atoms with Crippen molar-refractivity contribution in [3.05, 3.63) is 22.3 Å². The molecule has 0 fully saturated rings. The minimum atomic E-state index is -0.267. The van der Waals surface area contributed by atoms with Gasteiger partial charge in [0, 0.05) is 10.8 Å². The Labute approximate surface area is 196 Å². The lowest BCUT2D eigenvalue weighted by Gasteiger charge is -2.29. The van der Waals surface area contributed by atoms with Gasteiger partial charge in [0.05, 0.1) is 12.1 Å². The number of allylic oxidation sites excluding steroid dienone is 2. The van der Waals surface area contributed by atoms with Crippen LogP contribution in [-0.2, 0) is 9.59 Å². The molecule has 0 aromatic carbocycles. The lowest BCUT2D eigenvalue weighted by molar-refractivity contribution is -0.129. The molecular weight excluding hydrogens is 396 g/mol. The van der Waals surface area contributed by atoms with Crippen molar-refractivity contribution in [2.45, 2.75) is 131 Å². The Balaban J connectivity index is 0.000000181. The first kappa shape index (κ1) is 25.1. The molecular formula is C28H46N2O2. The summed E-state index contributed by atoms with van der Waals surface area (Å²) in [4.78, 5) is 24.0. The van der Waals surface area contributed by atoms with Crippen molar-refractivity contribution >= 4 is 11.8 Å². The van der Waals surface area contributed by atoms with Gasteiger partial charge < -0.3 is 10.6 Å². The van der Waals surface area contributed by atoms with Crippen molar-refractivity contribution in [2.24, 2.45) is 10.8 Å². The highest BCUT2D eigenvalue weighted by molar-refractivity contribution is 5.82. The minimum absolute atomic E-state index is 0.193. The average molecular weight is 443 g/mol. The van der Waals surface area contributed by atoms with Gasteiger partial charge in [-0.2, -0.15) is 0 Å². The van der Waals surface area contributed by atoms with Gasteiger partial charge in [0.1, 0.15) is 0 Å². The van der Waals surface area contributed by atoms with E-state index < -0.39 is 0 Å². The van der Waals surface area contributed by atoms with E-state index in [2.05, 4.69) is 10.6 Å². The lowest BCUT2D eigenvalue weighted by Crippen LogP contribution is -2.43. The molecule has 0 saturated heterocycles. The van der Waals surface area contributed by atoms with Crippen LogP contribution < -0.4 is 10.6 Å². The van der Waals surface area contributed by atoms with Crippen LogP contribution in [-0.4, -0.2) is 23.9 Å². The summed E-state index contributed by atoms with van der Waals surface area (Å²) >= 11 is 0. The summed E-state index contributed by atoms with van der Waals surface area (Å²) in [6.45, 7) is 11.9. The first-order valence-electron chi connectivity index (χ1n) is 13.0. The molecule has 2 atom stereocenters. The fourth-order valence-corrected chi connectivity index (χ4v) is 5.53. The van der Waals surface area contributed by atoms with Gasteiger partial charge in [0.15, 0.2) is 0 Å².